The molecule has 1 heterocycles. The Balaban J connectivity index is 3.30. The highest BCUT2D eigenvalue weighted by molar-refractivity contribution is 5.68. The van der Waals surface area contributed by atoms with Crippen LogP contribution in [0.1, 0.15) is 16.2 Å². The standard InChI is InChI=1S/C6H6N2O2/c1-4-2-7-5(3-9)8-6(4)10/h2-3H,1H3,(H,7,8,10). The van der Waals surface area contributed by atoms with Gasteiger partial charge in [-0.15, -0.1) is 0 Å². The van der Waals surface area contributed by atoms with Gasteiger partial charge in [-0.3, -0.25) is 9.59 Å². The van der Waals surface area contributed by atoms with Gasteiger partial charge in [-0.05, 0) is 6.92 Å². The maximum atomic E-state index is 10.7. The van der Waals surface area contributed by atoms with Crippen LogP contribution in [-0.2, 0) is 0 Å². The van der Waals surface area contributed by atoms with E-state index in [2.05, 4.69) is 9.97 Å². The van der Waals surface area contributed by atoms with Crippen LogP contribution >= 0.6 is 0 Å². The van der Waals surface area contributed by atoms with E-state index in [9.17, 15) is 9.59 Å². The molecule has 0 fully saturated rings. The average Bonchev–Trinajstić information content (AvgIpc) is 1.95. The third-order valence-corrected chi connectivity index (χ3v) is 1.11. The van der Waals surface area contributed by atoms with Crippen LogP contribution in [0, 0.1) is 6.92 Å². The molecule has 0 atom stereocenters. The van der Waals surface area contributed by atoms with E-state index in [1.165, 1.54) is 6.20 Å². The summed E-state index contributed by atoms with van der Waals surface area (Å²) in [6, 6.07) is 0. The number of aromatic amines is 1. The summed E-state index contributed by atoms with van der Waals surface area (Å²) in [5.41, 5.74) is 0.239. The third-order valence-electron chi connectivity index (χ3n) is 1.11. The minimum atomic E-state index is -0.267. The quantitative estimate of drug-likeness (QED) is 0.551. The monoisotopic (exact) mass is 138 g/mol. The van der Waals surface area contributed by atoms with Crippen LogP contribution in [0.5, 0.6) is 0 Å². The number of carbonyl (C=O) groups is 1. The maximum Gasteiger partial charge on any atom is 0.254 e. The van der Waals surface area contributed by atoms with Gasteiger partial charge >= 0.3 is 0 Å². The molecule has 0 amide bonds. The number of carbonyl (C=O) groups excluding carboxylic acids is 1. The molecular weight excluding hydrogens is 132 g/mol. The first kappa shape index (κ1) is 6.67. The molecule has 4 heteroatoms. The van der Waals surface area contributed by atoms with Crippen molar-refractivity contribution in [2.24, 2.45) is 0 Å². The number of aryl methyl sites for hydroxylation is 1. The van der Waals surface area contributed by atoms with Crippen LogP contribution in [0.15, 0.2) is 11.0 Å². The number of nitrogens with one attached hydrogen (secondary N) is 1. The summed E-state index contributed by atoms with van der Waals surface area (Å²) in [5.74, 6) is 0.0654. The van der Waals surface area contributed by atoms with Gasteiger partial charge in [-0.1, -0.05) is 0 Å². The van der Waals surface area contributed by atoms with Crippen LogP contribution in [0.4, 0.5) is 0 Å². The number of nitrogens with zero attached hydrogens (tertiary/aromatic N) is 1. The van der Waals surface area contributed by atoms with Crippen molar-refractivity contribution in [2.75, 3.05) is 0 Å². The van der Waals surface area contributed by atoms with Crippen molar-refractivity contribution in [3.8, 4) is 0 Å². The first-order chi connectivity index (χ1) is 4.74. The van der Waals surface area contributed by atoms with Gasteiger partial charge < -0.3 is 4.98 Å². The summed E-state index contributed by atoms with van der Waals surface area (Å²) < 4.78 is 0. The van der Waals surface area contributed by atoms with E-state index in [4.69, 9.17) is 0 Å². The van der Waals surface area contributed by atoms with Gasteiger partial charge in [0.1, 0.15) is 0 Å². The fourth-order valence-electron chi connectivity index (χ4n) is 0.532. The lowest BCUT2D eigenvalue weighted by Crippen LogP contribution is -2.12. The second kappa shape index (κ2) is 2.43. The van der Waals surface area contributed by atoms with E-state index < -0.39 is 0 Å². The predicted octanol–water partition coefficient (Wildman–Crippen LogP) is -0.109. The molecule has 1 N–H and O–H groups in total. The first-order valence-corrected chi connectivity index (χ1v) is 2.75. The van der Waals surface area contributed by atoms with Gasteiger partial charge in [-0.2, -0.15) is 0 Å². The summed E-state index contributed by atoms with van der Waals surface area (Å²) in [6.07, 6.45) is 1.86. The van der Waals surface area contributed by atoms with Crippen molar-refractivity contribution in [3.05, 3.63) is 27.9 Å². The van der Waals surface area contributed by atoms with E-state index in [0.717, 1.165) is 0 Å². The molecule has 0 spiro atoms. The average molecular weight is 138 g/mol. The Morgan fingerprint density at radius 1 is 1.70 bits per heavy atom. The molecule has 10 heavy (non-hydrogen) atoms. The van der Waals surface area contributed by atoms with E-state index in [1.54, 1.807) is 6.92 Å². The van der Waals surface area contributed by atoms with Gasteiger partial charge in [-0.25, -0.2) is 4.98 Å². The third kappa shape index (κ3) is 1.10. The van der Waals surface area contributed by atoms with Crippen LogP contribution < -0.4 is 5.56 Å². The topological polar surface area (TPSA) is 62.8 Å². The Hall–Kier alpha value is -1.45. The van der Waals surface area contributed by atoms with Gasteiger partial charge in [0.05, 0.1) is 0 Å². The van der Waals surface area contributed by atoms with Gasteiger partial charge in [0, 0.05) is 11.8 Å². The van der Waals surface area contributed by atoms with E-state index >= 15 is 0 Å². The molecule has 0 unspecified atom stereocenters. The fraction of sp³-hybridized carbons (Fsp3) is 0.167. The van der Waals surface area contributed by atoms with Crippen LogP contribution in [0.3, 0.4) is 0 Å². The SMILES string of the molecule is Cc1cnc(C=O)[nH]c1=O. The van der Waals surface area contributed by atoms with Crippen LogP contribution in [0.2, 0.25) is 0 Å². The van der Waals surface area contributed by atoms with Crippen molar-refractivity contribution in [1.82, 2.24) is 9.97 Å². The Morgan fingerprint density at radius 3 is 2.90 bits per heavy atom. The molecule has 0 aliphatic heterocycles. The molecule has 0 aliphatic rings. The summed E-state index contributed by atoms with van der Waals surface area (Å²) in [7, 11) is 0. The number of hydrogen-bond acceptors (Lipinski definition) is 3. The fourth-order valence-corrected chi connectivity index (χ4v) is 0.532. The highest BCUT2D eigenvalue weighted by Crippen LogP contribution is 1.82. The summed E-state index contributed by atoms with van der Waals surface area (Å²) in [6.45, 7) is 1.63. The van der Waals surface area contributed by atoms with E-state index in [-0.39, 0.29) is 11.4 Å². The second-order valence-electron chi connectivity index (χ2n) is 1.90. The number of aromatic nitrogens is 2. The van der Waals surface area contributed by atoms with Crippen LogP contribution in [0.25, 0.3) is 0 Å². The first-order valence-electron chi connectivity index (χ1n) is 2.75. The van der Waals surface area contributed by atoms with Gasteiger partial charge in [0.2, 0.25) is 0 Å². The van der Waals surface area contributed by atoms with Crippen LogP contribution in [-0.4, -0.2) is 16.3 Å². The van der Waals surface area contributed by atoms with Gasteiger partial charge in [0.25, 0.3) is 5.56 Å². The number of hydrogen-bond donors (Lipinski definition) is 1. The van der Waals surface area contributed by atoms with Crippen molar-refractivity contribution >= 4 is 6.29 Å². The predicted molar refractivity (Wildman–Crippen MR) is 35.0 cm³/mol. The van der Waals surface area contributed by atoms with Crippen molar-refractivity contribution < 1.29 is 4.79 Å². The zero-order valence-electron chi connectivity index (χ0n) is 5.42. The lowest BCUT2D eigenvalue weighted by atomic mass is 10.4. The molecule has 0 saturated carbocycles. The highest BCUT2D eigenvalue weighted by atomic mass is 16.1. The van der Waals surface area contributed by atoms with E-state index in [1.807, 2.05) is 0 Å². The lowest BCUT2D eigenvalue weighted by molar-refractivity contribution is 0.111. The largest absolute Gasteiger partial charge is 0.304 e. The molecule has 1 rings (SSSR count). The second-order valence-corrected chi connectivity index (χ2v) is 1.90. The Labute approximate surface area is 56.9 Å². The molecule has 1 aromatic rings. The summed E-state index contributed by atoms with van der Waals surface area (Å²) in [5, 5.41) is 0. The molecule has 0 radical (unpaired) electrons. The molecule has 1 aromatic heterocycles. The Morgan fingerprint density at radius 2 is 2.40 bits per heavy atom. The van der Waals surface area contributed by atoms with E-state index in [0.29, 0.717) is 11.8 Å². The number of rotatable bonds is 1. The molecule has 0 bridgehead atoms. The molecular formula is C6H6N2O2. The molecule has 0 aliphatic carbocycles. The minimum absolute atomic E-state index is 0.0654. The molecule has 0 aromatic carbocycles. The van der Waals surface area contributed by atoms with Gasteiger partial charge in [0.15, 0.2) is 12.1 Å². The Kier molecular flexibility index (Phi) is 1.62. The van der Waals surface area contributed by atoms with Crippen molar-refractivity contribution in [3.63, 3.8) is 0 Å². The number of aldehydes is 1. The smallest absolute Gasteiger partial charge is 0.254 e. The lowest BCUT2D eigenvalue weighted by Gasteiger charge is -1.89. The number of H-pyrrole nitrogens is 1. The zero-order chi connectivity index (χ0) is 7.56. The maximum absolute atomic E-state index is 10.7. The van der Waals surface area contributed by atoms with Crippen molar-refractivity contribution in [2.45, 2.75) is 6.92 Å². The minimum Gasteiger partial charge on any atom is -0.304 e. The normalized spacial score (nSPS) is 9.30. The van der Waals surface area contributed by atoms with Crippen molar-refractivity contribution in [1.29, 1.82) is 0 Å². The molecule has 4 nitrogen and oxygen atoms in total. The zero-order valence-corrected chi connectivity index (χ0v) is 5.42. The Bertz CT molecular complexity index is 303. The summed E-state index contributed by atoms with van der Waals surface area (Å²) >= 11 is 0. The summed E-state index contributed by atoms with van der Waals surface area (Å²) in [4.78, 5) is 26.7. The molecule has 52 valence electrons. The highest BCUT2D eigenvalue weighted by Gasteiger charge is 1.94. The molecule has 0 saturated heterocycles.